The Morgan fingerprint density at radius 2 is 2.00 bits per heavy atom. The zero-order valence-corrected chi connectivity index (χ0v) is 14.3. The van der Waals surface area contributed by atoms with Gasteiger partial charge in [0.1, 0.15) is 0 Å². The topological polar surface area (TPSA) is 78.4 Å². The van der Waals surface area contributed by atoms with Gasteiger partial charge >= 0.3 is 0 Å². The van der Waals surface area contributed by atoms with Crippen LogP contribution in [0.25, 0.3) is 0 Å². The Balaban J connectivity index is 2.62. The molecule has 1 unspecified atom stereocenters. The Labute approximate surface area is 138 Å². The first-order valence-corrected chi connectivity index (χ1v) is 8.25. The number of aliphatic hydroxyl groups is 1. The second kappa shape index (κ2) is 10.0. The van der Waals surface area contributed by atoms with E-state index in [0.717, 1.165) is 6.42 Å². The first-order valence-electron chi connectivity index (χ1n) is 8.25. The minimum absolute atomic E-state index is 0.0810. The lowest BCUT2D eigenvalue weighted by molar-refractivity contribution is -0.115. The molecule has 0 aliphatic rings. The van der Waals surface area contributed by atoms with Crippen LogP contribution < -0.4 is 10.6 Å². The summed E-state index contributed by atoms with van der Waals surface area (Å²) in [5, 5.41) is 14.8. The van der Waals surface area contributed by atoms with E-state index in [1.807, 2.05) is 0 Å². The highest BCUT2D eigenvalue weighted by molar-refractivity contribution is 5.97. The summed E-state index contributed by atoms with van der Waals surface area (Å²) >= 11 is 0. The average molecular weight is 320 g/mol. The lowest BCUT2D eigenvalue weighted by Gasteiger charge is -2.18. The molecule has 5 heteroatoms. The molecule has 1 aromatic rings. The molecular formula is C18H28N2O3. The van der Waals surface area contributed by atoms with Crippen LogP contribution >= 0.6 is 0 Å². The third kappa shape index (κ3) is 7.28. The Morgan fingerprint density at radius 1 is 1.26 bits per heavy atom. The molecule has 0 aromatic heterocycles. The van der Waals surface area contributed by atoms with Crippen molar-refractivity contribution in [3.05, 3.63) is 29.8 Å². The van der Waals surface area contributed by atoms with Gasteiger partial charge in [-0.3, -0.25) is 9.59 Å². The van der Waals surface area contributed by atoms with Gasteiger partial charge in [-0.25, -0.2) is 0 Å². The largest absolute Gasteiger partial charge is 0.396 e. The molecule has 0 saturated carbocycles. The summed E-state index contributed by atoms with van der Waals surface area (Å²) in [6, 6.07) is 6.91. The van der Waals surface area contributed by atoms with Gasteiger partial charge in [0.2, 0.25) is 5.91 Å². The second-order valence-electron chi connectivity index (χ2n) is 6.20. The fourth-order valence-corrected chi connectivity index (χ4v) is 2.48. The lowest BCUT2D eigenvalue weighted by atomic mass is 9.94. The predicted octanol–water partition coefficient (Wildman–Crippen LogP) is 2.81. The summed E-state index contributed by atoms with van der Waals surface area (Å²) in [5.74, 6) is 0.551. The van der Waals surface area contributed by atoms with Crippen LogP contribution in [0.4, 0.5) is 5.69 Å². The van der Waals surface area contributed by atoms with E-state index in [1.54, 1.807) is 31.2 Å². The smallest absolute Gasteiger partial charge is 0.251 e. The van der Waals surface area contributed by atoms with Gasteiger partial charge < -0.3 is 15.7 Å². The molecule has 0 bridgehead atoms. The van der Waals surface area contributed by atoms with Gasteiger partial charge in [-0.05, 0) is 42.9 Å². The zero-order valence-electron chi connectivity index (χ0n) is 14.3. The molecule has 0 spiro atoms. The highest BCUT2D eigenvalue weighted by Crippen LogP contribution is 2.15. The van der Waals surface area contributed by atoms with E-state index in [0.29, 0.717) is 36.6 Å². The number of anilines is 1. The average Bonchev–Trinajstić information content (AvgIpc) is 2.52. The van der Waals surface area contributed by atoms with Crippen molar-refractivity contribution in [1.29, 1.82) is 0 Å². The Morgan fingerprint density at radius 3 is 2.61 bits per heavy atom. The van der Waals surface area contributed by atoms with Crippen molar-refractivity contribution in [3.8, 4) is 0 Å². The van der Waals surface area contributed by atoms with E-state index in [-0.39, 0.29) is 24.3 Å². The molecule has 2 amide bonds. The SMILES string of the molecule is CCC(=O)Nc1cccc(C(=O)NCC(CCO)CC(C)C)c1. The number of rotatable bonds is 9. The third-order valence-electron chi connectivity index (χ3n) is 3.62. The van der Waals surface area contributed by atoms with E-state index in [4.69, 9.17) is 5.11 Å². The second-order valence-corrected chi connectivity index (χ2v) is 6.20. The van der Waals surface area contributed by atoms with Crippen molar-refractivity contribution in [2.75, 3.05) is 18.5 Å². The third-order valence-corrected chi connectivity index (χ3v) is 3.62. The molecule has 0 heterocycles. The number of hydrogen-bond donors (Lipinski definition) is 3. The molecule has 128 valence electrons. The first-order chi connectivity index (χ1) is 11.0. The number of benzene rings is 1. The van der Waals surface area contributed by atoms with Gasteiger partial charge in [-0.1, -0.05) is 26.8 Å². The van der Waals surface area contributed by atoms with Crippen molar-refractivity contribution in [1.82, 2.24) is 5.32 Å². The summed E-state index contributed by atoms with van der Waals surface area (Å²) in [6.45, 7) is 6.72. The van der Waals surface area contributed by atoms with Crippen molar-refractivity contribution >= 4 is 17.5 Å². The van der Waals surface area contributed by atoms with Gasteiger partial charge in [0, 0.05) is 30.8 Å². The first kappa shape index (κ1) is 19.2. The molecule has 3 N–H and O–H groups in total. The van der Waals surface area contributed by atoms with E-state index in [1.165, 1.54) is 0 Å². The monoisotopic (exact) mass is 320 g/mol. The molecule has 0 radical (unpaired) electrons. The molecule has 1 atom stereocenters. The zero-order chi connectivity index (χ0) is 17.2. The van der Waals surface area contributed by atoms with Crippen LogP contribution in [-0.4, -0.2) is 30.1 Å². The molecule has 0 aliphatic carbocycles. The maximum absolute atomic E-state index is 12.3. The molecular weight excluding hydrogens is 292 g/mol. The van der Waals surface area contributed by atoms with Gasteiger partial charge in [-0.2, -0.15) is 0 Å². The number of nitrogens with one attached hydrogen (secondary N) is 2. The molecule has 1 aromatic carbocycles. The number of aliphatic hydroxyl groups excluding tert-OH is 1. The molecule has 5 nitrogen and oxygen atoms in total. The maximum Gasteiger partial charge on any atom is 0.251 e. The van der Waals surface area contributed by atoms with Crippen molar-refractivity contribution in [3.63, 3.8) is 0 Å². The van der Waals surface area contributed by atoms with Crippen LogP contribution in [0, 0.1) is 11.8 Å². The fraction of sp³-hybridized carbons (Fsp3) is 0.556. The van der Waals surface area contributed by atoms with Gasteiger partial charge in [0.15, 0.2) is 0 Å². The van der Waals surface area contributed by atoms with Gasteiger partial charge in [0.05, 0.1) is 0 Å². The predicted molar refractivity (Wildman–Crippen MR) is 92.3 cm³/mol. The van der Waals surface area contributed by atoms with Crippen molar-refractivity contribution in [2.45, 2.75) is 40.0 Å². The summed E-state index contributed by atoms with van der Waals surface area (Å²) < 4.78 is 0. The van der Waals surface area contributed by atoms with E-state index >= 15 is 0 Å². The number of carbonyl (C=O) groups excluding carboxylic acids is 2. The number of amides is 2. The number of hydrogen-bond acceptors (Lipinski definition) is 3. The standard InChI is InChI=1S/C18H28N2O3/c1-4-17(22)20-16-7-5-6-15(11-16)18(23)19-12-14(8-9-21)10-13(2)3/h5-7,11,13-14,21H,4,8-10,12H2,1-3H3,(H,19,23)(H,20,22). The van der Waals surface area contributed by atoms with E-state index < -0.39 is 0 Å². The minimum Gasteiger partial charge on any atom is -0.396 e. The van der Waals surface area contributed by atoms with Crippen LogP contribution in [0.1, 0.15) is 50.4 Å². The van der Waals surface area contributed by atoms with Crippen molar-refractivity contribution in [2.24, 2.45) is 11.8 Å². The molecule has 23 heavy (non-hydrogen) atoms. The van der Waals surface area contributed by atoms with Crippen LogP contribution in [0.2, 0.25) is 0 Å². The van der Waals surface area contributed by atoms with E-state index in [9.17, 15) is 9.59 Å². The van der Waals surface area contributed by atoms with Gasteiger partial charge in [0.25, 0.3) is 5.91 Å². The van der Waals surface area contributed by atoms with Crippen LogP contribution in [0.5, 0.6) is 0 Å². The molecule has 1 rings (SSSR count). The number of carbonyl (C=O) groups is 2. The normalized spacial score (nSPS) is 12.0. The Kier molecular flexibility index (Phi) is 8.33. The van der Waals surface area contributed by atoms with Crippen LogP contribution in [-0.2, 0) is 4.79 Å². The van der Waals surface area contributed by atoms with E-state index in [2.05, 4.69) is 24.5 Å². The van der Waals surface area contributed by atoms with Crippen molar-refractivity contribution < 1.29 is 14.7 Å². The summed E-state index contributed by atoms with van der Waals surface area (Å²) in [4.78, 5) is 23.7. The summed E-state index contributed by atoms with van der Waals surface area (Å²) in [5.41, 5.74) is 1.14. The highest BCUT2D eigenvalue weighted by atomic mass is 16.3. The lowest BCUT2D eigenvalue weighted by Crippen LogP contribution is -2.30. The quantitative estimate of drug-likeness (QED) is 0.654. The molecule has 0 fully saturated rings. The highest BCUT2D eigenvalue weighted by Gasteiger charge is 2.13. The van der Waals surface area contributed by atoms with Crippen LogP contribution in [0.3, 0.4) is 0 Å². The Bertz CT molecular complexity index is 515. The summed E-state index contributed by atoms with van der Waals surface area (Å²) in [6.07, 6.45) is 2.05. The summed E-state index contributed by atoms with van der Waals surface area (Å²) in [7, 11) is 0. The molecule has 0 saturated heterocycles. The fourth-order valence-electron chi connectivity index (χ4n) is 2.48. The Hall–Kier alpha value is -1.88. The maximum atomic E-state index is 12.3. The van der Waals surface area contributed by atoms with Crippen LogP contribution in [0.15, 0.2) is 24.3 Å². The minimum atomic E-state index is -0.163. The van der Waals surface area contributed by atoms with Gasteiger partial charge in [-0.15, -0.1) is 0 Å². The molecule has 0 aliphatic heterocycles.